The Hall–Kier alpha value is -2.87. The molecule has 3 aromatic heterocycles. The van der Waals surface area contributed by atoms with Gasteiger partial charge in [-0.3, -0.25) is 9.38 Å². The topological polar surface area (TPSA) is 42.2 Å². The molecule has 8 heteroatoms. The second kappa shape index (κ2) is 5.89. The summed E-state index contributed by atoms with van der Waals surface area (Å²) in [6, 6.07) is 7.01. The van der Waals surface area contributed by atoms with Gasteiger partial charge in [-0.2, -0.15) is 24.5 Å². The van der Waals surface area contributed by atoms with E-state index in [-0.39, 0.29) is 0 Å². The number of fused-ring (bicyclic) bond motifs is 1. The predicted octanol–water partition coefficient (Wildman–Crippen LogP) is 5.22. The molecule has 0 saturated heterocycles. The normalized spacial score (nSPS) is 11.8. The molecule has 3 heterocycles. The number of nitrogens with zero attached hydrogens (tertiary/aromatic N) is 3. The molecule has 4 aromatic rings. The maximum atomic E-state index is 12.9. The van der Waals surface area contributed by atoms with E-state index < -0.39 is 11.7 Å². The number of thiophene rings is 1. The van der Waals surface area contributed by atoms with Crippen LogP contribution < -0.4 is 5.32 Å². The SMILES string of the molecule is FC(F)(F)c1cccc(Nc2c(-c3ccsc3)nc3cnccn23)c1. The van der Waals surface area contributed by atoms with Gasteiger partial charge in [0.25, 0.3) is 0 Å². The third-order valence-corrected chi connectivity index (χ3v) is 4.36. The van der Waals surface area contributed by atoms with Crippen molar-refractivity contribution < 1.29 is 13.2 Å². The predicted molar refractivity (Wildman–Crippen MR) is 91.0 cm³/mol. The van der Waals surface area contributed by atoms with E-state index in [1.165, 1.54) is 17.4 Å². The van der Waals surface area contributed by atoms with Crippen LogP contribution in [0, 0.1) is 0 Å². The molecule has 0 fully saturated rings. The molecule has 0 aliphatic heterocycles. The fraction of sp³-hybridized carbons (Fsp3) is 0.0588. The summed E-state index contributed by atoms with van der Waals surface area (Å²) in [5, 5.41) is 6.93. The zero-order valence-electron chi connectivity index (χ0n) is 12.7. The van der Waals surface area contributed by atoms with E-state index in [0.717, 1.165) is 17.7 Å². The average Bonchev–Trinajstić information content (AvgIpc) is 3.23. The summed E-state index contributed by atoms with van der Waals surface area (Å²) < 4.78 is 40.6. The lowest BCUT2D eigenvalue weighted by molar-refractivity contribution is -0.137. The highest BCUT2D eigenvalue weighted by atomic mass is 32.1. The standard InChI is InChI=1S/C17H11F3N4S/c18-17(19,20)12-2-1-3-13(8-12)22-16-15(11-4-7-25-10-11)23-14-9-21-5-6-24(14)16/h1-10,22H. The lowest BCUT2D eigenvalue weighted by atomic mass is 10.2. The number of benzene rings is 1. The number of anilines is 2. The quantitative estimate of drug-likeness (QED) is 0.545. The average molecular weight is 360 g/mol. The van der Waals surface area contributed by atoms with Gasteiger partial charge in [-0.15, -0.1) is 0 Å². The van der Waals surface area contributed by atoms with Gasteiger partial charge in [-0.1, -0.05) is 6.07 Å². The zero-order valence-corrected chi connectivity index (χ0v) is 13.5. The zero-order chi connectivity index (χ0) is 17.4. The number of rotatable bonds is 3. The Kier molecular flexibility index (Phi) is 3.69. The van der Waals surface area contributed by atoms with Gasteiger partial charge in [0.2, 0.25) is 0 Å². The highest BCUT2D eigenvalue weighted by Crippen LogP contribution is 2.34. The molecule has 1 N–H and O–H groups in total. The van der Waals surface area contributed by atoms with Crippen LogP contribution in [0.4, 0.5) is 24.7 Å². The number of nitrogens with one attached hydrogen (secondary N) is 1. The number of hydrogen-bond donors (Lipinski definition) is 1. The molecule has 0 atom stereocenters. The van der Waals surface area contributed by atoms with Crippen LogP contribution in [-0.4, -0.2) is 14.4 Å². The second-order valence-corrected chi connectivity index (χ2v) is 6.11. The van der Waals surface area contributed by atoms with Crippen molar-refractivity contribution in [2.24, 2.45) is 0 Å². The maximum absolute atomic E-state index is 12.9. The molecule has 0 aliphatic carbocycles. The molecule has 126 valence electrons. The van der Waals surface area contributed by atoms with Crippen molar-refractivity contribution in [1.82, 2.24) is 14.4 Å². The fourth-order valence-corrected chi connectivity index (χ4v) is 3.18. The van der Waals surface area contributed by atoms with Gasteiger partial charge < -0.3 is 5.32 Å². The van der Waals surface area contributed by atoms with Gasteiger partial charge >= 0.3 is 6.18 Å². The van der Waals surface area contributed by atoms with Gasteiger partial charge in [0.15, 0.2) is 5.65 Å². The number of imidazole rings is 1. The van der Waals surface area contributed by atoms with E-state index in [1.807, 2.05) is 16.8 Å². The first-order chi connectivity index (χ1) is 12.0. The van der Waals surface area contributed by atoms with Crippen LogP contribution >= 0.6 is 11.3 Å². The largest absolute Gasteiger partial charge is 0.416 e. The molecule has 1 aromatic carbocycles. The van der Waals surface area contributed by atoms with Crippen LogP contribution in [-0.2, 0) is 6.18 Å². The molecule has 0 bridgehead atoms. The van der Waals surface area contributed by atoms with E-state index in [1.54, 1.807) is 29.1 Å². The van der Waals surface area contributed by atoms with Crippen molar-refractivity contribution in [2.45, 2.75) is 6.18 Å². The van der Waals surface area contributed by atoms with Crippen molar-refractivity contribution in [1.29, 1.82) is 0 Å². The molecule has 4 rings (SSSR count). The van der Waals surface area contributed by atoms with E-state index in [9.17, 15) is 13.2 Å². The summed E-state index contributed by atoms with van der Waals surface area (Å²) in [6.07, 6.45) is 0.530. The van der Waals surface area contributed by atoms with E-state index >= 15 is 0 Å². The number of halogens is 3. The first-order valence-corrected chi connectivity index (χ1v) is 8.25. The molecule has 0 saturated carbocycles. The summed E-state index contributed by atoms with van der Waals surface area (Å²) in [5.41, 5.74) is 1.79. The molecule has 0 radical (unpaired) electrons. The van der Waals surface area contributed by atoms with Gasteiger partial charge in [-0.25, -0.2) is 4.98 Å². The molecule has 4 nitrogen and oxygen atoms in total. The molecule has 0 aliphatic rings. The Morgan fingerprint density at radius 1 is 1.16 bits per heavy atom. The lowest BCUT2D eigenvalue weighted by Crippen LogP contribution is -2.05. The molecule has 0 unspecified atom stereocenters. The highest BCUT2D eigenvalue weighted by molar-refractivity contribution is 7.08. The van der Waals surface area contributed by atoms with Crippen molar-refractivity contribution in [3.05, 3.63) is 65.2 Å². The van der Waals surface area contributed by atoms with Gasteiger partial charge in [0, 0.05) is 29.0 Å². The van der Waals surface area contributed by atoms with Crippen LogP contribution in [0.2, 0.25) is 0 Å². The van der Waals surface area contributed by atoms with Crippen molar-refractivity contribution in [2.75, 3.05) is 5.32 Å². The Morgan fingerprint density at radius 3 is 2.80 bits per heavy atom. The first kappa shape index (κ1) is 15.6. The third-order valence-electron chi connectivity index (χ3n) is 3.68. The lowest BCUT2D eigenvalue weighted by Gasteiger charge is -2.11. The van der Waals surface area contributed by atoms with Crippen LogP contribution in [0.15, 0.2) is 59.7 Å². The number of hydrogen-bond acceptors (Lipinski definition) is 4. The summed E-state index contributed by atoms with van der Waals surface area (Å²) in [6.45, 7) is 0. The molecule has 25 heavy (non-hydrogen) atoms. The smallest absolute Gasteiger partial charge is 0.339 e. The monoisotopic (exact) mass is 360 g/mol. The highest BCUT2D eigenvalue weighted by Gasteiger charge is 2.30. The van der Waals surface area contributed by atoms with E-state index in [0.29, 0.717) is 22.8 Å². The van der Waals surface area contributed by atoms with Gasteiger partial charge in [-0.05, 0) is 29.6 Å². The molecule has 0 amide bonds. The van der Waals surface area contributed by atoms with Crippen LogP contribution in [0.25, 0.3) is 16.9 Å². The van der Waals surface area contributed by atoms with E-state index in [4.69, 9.17) is 0 Å². The minimum Gasteiger partial charge on any atom is -0.339 e. The summed E-state index contributed by atoms with van der Waals surface area (Å²) in [7, 11) is 0. The van der Waals surface area contributed by atoms with Crippen LogP contribution in [0.1, 0.15) is 5.56 Å². The molecular weight excluding hydrogens is 349 g/mol. The minimum absolute atomic E-state index is 0.338. The Morgan fingerprint density at radius 2 is 2.04 bits per heavy atom. The molecule has 0 spiro atoms. The van der Waals surface area contributed by atoms with Crippen LogP contribution in [0.5, 0.6) is 0 Å². The maximum Gasteiger partial charge on any atom is 0.416 e. The summed E-state index contributed by atoms with van der Waals surface area (Å²) in [5.74, 6) is 0.593. The van der Waals surface area contributed by atoms with Crippen molar-refractivity contribution in [3.63, 3.8) is 0 Å². The van der Waals surface area contributed by atoms with Gasteiger partial charge in [0.05, 0.1) is 11.8 Å². The van der Waals surface area contributed by atoms with E-state index in [2.05, 4.69) is 15.3 Å². The second-order valence-electron chi connectivity index (χ2n) is 5.33. The van der Waals surface area contributed by atoms with Crippen molar-refractivity contribution >= 4 is 28.5 Å². The van der Waals surface area contributed by atoms with Crippen LogP contribution in [0.3, 0.4) is 0 Å². The fourth-order valence-electron chi connectivity index (χ4n) is 2.54. The Bertz CT molecular complexity index is 1020. The number of aromatic nitrogens is 3. The van der Waals surface area contributed by atoms with Gasteiger partial charge in [0.1, 0.15) is 11.5 Å². The summed E-state index contributed by atoms with van der Waals surface area (Å²) >= 11 is 1.52. The third kappa shape index (κ3) is 2.96. The first-order valence-electron chi connectivity index (χ1n) is 7.31. The Balaban J connectivity index is 1.83. The minimum atomic E-state index is -4.39. The Labute approximate surface area is 144 Å². The number of alkyl halides is 3. The molecular formula is C17H11F3N4S. The summed E-state index contributed by atoms with van der Waals surface area (Å²) in [4.78, 5) is 8.59. The van der Waals surface area contributed by atoms with Crippen molar-refractivity contribution in [3.8, 4) is 11.3 Å².